The topological polar surface area (TPSA) is 68.2 Å². The smallest absolute Gasteiger partial charge is 0.182 e. The van der Waals surface area contributed by atoms with E-state index < -0.39 is 0 Å². The van der Waals surface area contributed by atoms with Crippen LogP contribution in [0.4, 0.5) is 0 Å². The molecule has 0 spiro atoms. The van der Waals surface area contributed by atoms with Gasteiger partial charge in [0.15, 0.2) is 12.0 Å². The van der Waals surface area contributed by atoms with Gasteiger partial charge in [0.05, 0.1) is 17.7 Å². The van der Waals surface area contributed by atoms with Crippen LogP contribution in [0.2, 0.25) is 0 Å². The summed E-state index contributed by atoms with van der Waals surface area (Å²) in [6.07, 6.45) is 9.12. The van der Waals surface area contributed by atoms with E-state index in [1.165, 1.54) is 6.39 Å². The van der Waals surface area contributed by atoms with Crippen LogP contribution in [-0.4, -0.2) is 34.0 Å². The molecule has 0 aliphatic heterocycles. The zero-order chi connectivity index (χ0) is 16.2. The quantitative estimate of drug-likeness (QED) is 0.594. The summed E-state index contributed by atoms with van der Waals surface area (Å²) in [4.78, 5) is 12.8. The van der Waals surface area contributed by atoms with E-state index in [2.05, 4.69) is 20.3 Å². The summed E-state index contributed by atoms with van der Waals surface area (Å²) in [5.41, 5.74) is 4.42. The van der Waals surface area contributed by atoms with Gasteiger partial charge in [-0.05, 0) is 38.1 Å². The van der Waals surface area contributed by atoms with Crippen molar-refractivity contribution < 1.29 is 4.42 Å². The maximum Gasteiger partial charge on any atom is 0.182 e. The van der Waals surface area contributed by atoms with Crippen LogP contribution >= 0.6 is 0 Å². The molecule has 0 saturated heterocycles. The lowest BCUT2D eigenvalue weighted by Crippen LogP contribution is -2.20. The first-order chi connectivity index (χ1) is 11.2. The Morgan fingerprint density at radius 3 is 2.96 bits per heavy atom. The third-order valence-corrected chi connectivity index (χ3v) is 3.50. The highest BCUT2D eigenvalue weighted by atomic mass is 16.3. The summed E-state index contributed by atoms with van der Waals surface area (Å²) in [5.74, 6) is 0.828. The lowest BCUT2D eigenvalue weighted by Gasteiger charge is -2.05. The Labute approximate surface area is 134 Å². The molecule has 1 aromatic carbocycles. The van der Waals surface area contributed by atoms with E-state index in [4.69, 9.17) is 4.42 Å². The minimum Gasteiger partial charge on any atom is -0.443 e. The molecule has 0 amide bonds. The summed E-state index contributed by atoms with van der Waals surface area (Å²) in [6, 6.07) is 4.02. The van der Waals surface area contributed by atoms with E-state index in [0.29, 0.717) is 0 Å². The van der Waals surface area contributed by atoms with Gasteiger partial charge in [-0.25, -0.2) is 9.97 Å². The number of aromatic nitrogens is 3. The van der Waals surface area contributed by atoms with E-state index in [-0.39, 0.29) is 0 Å². The second-order valence-electron chi connectivity index (χ2n) is 5.10. The lowest BCUT2D eigenvalue weighted by molar-refractivity contribution is 0.601. The molecule has 6 heteroatoms. The van der Waals surface area contributed by atoms with E-state index in [1.807, 2.05) is 48.9 Å². The van der Waals surface area contributed by atoms with Gasteiger partial charge < -0.3 is 14.3 Å². The molecule has 0 bridgehead atoms. The van der Waals surface area contributed by atoms with Gasteiger partial charge in [-0.15, -0.1) is 0 Å². The van der Waals surface area contributed by atoms with Gasteiger partial charge in [-0.3, -0.25) is 4.99 Å². The van der Waals surface area contributed by atoms with E-state index in [1.54, 1.807) is 13.4 Å². The molecule has 0 aliphatic carbocycles. The van der Waals surface area contributed by atoms with Crippen LogP contribution in [0.5, 0.6) is 0 Å². The van der Waals surface area contributed by atoms with Crippen LogP contribution < -0.4 is 5.32 Å². The Balaban J connectivity index is 2.02. The number of oxazole rings is 1. The summed E-state index contributed by atoms with van der Waals surface area (Å²) < 4.78 is 7.54. The van der Waals surface area contributed by atoms with Crippen molar-refractivity contribution in [2.45, 2.75) is 13.8 Å². The predicted octanol–water partition coefficient (Wildman–Crippen LogP) is 2.97. The number of aliphatic imine (C=N–C) groups is 1. The SMILES string of the molecule is CCNC(/C=C/c1ccc(-n2cnc(C)c2)c2ncoc12)=NC. The van der Waals surface area contributed by atoms with Crippen molar-refractivity contribution in [3.05, 3.63) is 48.4 Å². The van der Waals surface area contributed by atoms with Crippen molar-refractivity contribution in [3.63, 3.8) is 0 Å². The average molecular weight is 309 g/mol. The normalized spacial score (nSPS) is 12.4. The van der Waals surface area contributed by atoms with E-state index >= 15 is 0 Å². The van der Waals surface area contributed by atoms with Crippen molar-refractivity contribution in [3.8, 4) is 5.69 Å². The lowest BCUT2D eigenvalue weighted by atomic mass is 10.1. The molecule has 2 heterocycles. The van der Waals surface area contributed by atoms with Crippen molar-refractivity contribution in [1.29, 1.82) is 0 Å². The zero-order valence-electron chi connectivity index (χ0n) is 13.4. The fraction of sp³-hybridized carbons (Fsp3) is 0.235. The zero-order valence-corrected chi connectivity index (χ0v) is 13.4. The molecule has 23 heavy (non-hydrogen) atoms. The molecule has 2 aromatic heterocycles. The second-order valence-corrected chi connectivity index (χ2v) is 5.10. The van der Waals surface area contributed by atoms with Crippen LogP contribution in [-0.2, 0) is 0 Å². The molecule has 0 unspecified atom stereocenters. The van der Waals surface area contributed by atoms with Crippen LogP contribution in [0.1, 0.15) is 18.2 Å². The van der Waals surface area contributed by atoms with Gasteiger partial charge in [0, 0.05) is 25.4 Å². The fourth-order valence-electron chi connectivity index (χ4n) is 2.41. The third-order valence-electron chi connectivity index (χ3n) is 3.50. The molecule has 0 atom stereocenters. The van der Waals surface area contributed by atoms with Crippen molar-refractivity contribution >= 4 is 23.0 Å². The molecule has 1 N–H and O–H groups in total. The van der Waals surface area contributed by atoms with Crippen LogP contribution in [0.15, 0.2) is 46.5 Å². The van der Waals surface area contributed by atoms with Gasteiger partial charge in [0.25, 0.3) is 0 Å². The predicted molar refractivity (Wildman–Crippen MR) is 91.9 cm³/mol. The number of likely N-dealkylation sites (N-methyl/N-ethyl adjacent to an activating group) is 1. The Bertz CT molecular complexity index is 872. The summed E-state index contributed by atoms with van der Waals surface area (Å²) in [7, 11) is 1.76. The molecule has 6 nitrogen and oxygen atoms in total. The monoisotopic (exact) mass is 309 g/mol. The minimum atomic E-state index is 0.747. The van der Waals surface area contributed by atoms with Crippen LogP contribution in [0.3, 0.4) is 0 Å². The highest BCUT2D eigenvalue weighted by Gasteiger charge is 2.11. The number of rotatable bonds is 4. The third kappa shape index (κ3) is 3.01. The summed E-state index contributed by atoms with van der Waals surface area (Å²) >= 11 is 0. The van der Waals surface area contributed by atoms with Gasteiger partial charge in [-0.1, -0.05) is 0 Å². The Morgan fingerprint density at radius 2 is 2.26 bits per heavy atom. The largest absolute Gasteiger partial charge is 0.443 e. The van der Waals surface area contributed by atoms with Crippen LogP contribution in [0, 0.1) is 6.92 Å². The Kier molecular flexibility index (Phi) is 4.23. The Morgan fingerprint density at radius 1 is 1.39 bits per heavy atom. The highest BCUT2D eigenvalue weighted by Crippen LogP contribution is 2.25. The number of fused-ring (bicyclic) bond motifs is 1. The number of benzene rings is 1. The van der Waals surface area contributed by atoms with E-state index in [0.717, 1.165) is 40.4 Å². The number of nitrogens with one attached hydrogen (secondary N) is 1. The second kappa shape index (κ2) is 6.48. The van der Waals surface area contributed by atoms with Crippen molar-refractivity contribution in [2.24, 2.45) is 4.99 Å². The highest BCUT2D eigenvalue weighted by molar-refractivity contribution is 5.98. The fourth-order valence-corrected chi connectivity index (χ4v) is 2.41. The summed E-state index contributed by atoms with van der Waals surface area (Å²) in [5, 5.41) is 3.19. The number of hydrogen-bond donors (Lipinski definition) is 1. The molecule has 118 valence electrons. The minimum absolute atomic E-state index is 0.747. The average Bonchev–Trinajstić information content (AvgIpc) is 3.20. The number of nitrogens with zero attached hydrogens (tertiary/aromatic N) is 4. The molecular formula is C17H19N5O. The van der Waals surface area contributed by atoms with Crippen molar-refractivity contribution in [2.75, 3.05) is 13.6 Å². The molecule has 0 aliphatic rings. The summed E-state index contributed by atoms with van der Waals surface area (Å²) in [6.45, 7) is 4.82. The maximum absolute atomic E-state index is 5.59. The molecular weight excluding hydrogens is 290 g/mol. The van der Waals surface area contributed by atoms with E-state index in [9.17, 15) is 0 Å². The number of hydrogen-bond acceptors (Lipinski definition) is 4. The van der Waals surface area contributed by atoms with Gasteiger partial charge >= 0.3 is 0 Å². The number of imidazole rings is 1. The first-order valence-corrected chi connectivity index (χ1v) is 7.48. The van der Waals surface area contributed by atoms with Gasteiger partial charge in [0.1, 0.15) is 11.4 Å². The van der Waals surface area contributed by atoms with Gasteiger partial charge in [-0.2, -0.15) is 0 Å². The molecule has 0 radical (unpaired) electrons. The van der Waals surface area contributed by atoms with Gasteiger partial charge in [0.2, 0.25) is 0 Å². The number of amidine groups is 1. The van der Waals surface area contributed by atoms with Crippen molar-refractivity contribution in [1.82, 2.24) is 19.9 Å². The molecule has 3 aromatic rings. The number of aryl methyl sites for hydroxylation is 1. The first kappa shape index (κ1) is 15.0. The molecule has 0 saturated carbocycles. The Hall–Kier alpha value is -2.89. The maximum atomic E-state index is 5.59. The first-order valence-electron chi connectivity index (χ1n) is 7.48. The molecule has 0 fully saturated rings. The molecule has 3 rings (SSSR count). The standard InChI is InChI=1S/C17H19N5O/c1-4-19-15(18-3)8-6-13-5-7-14(16-17(13)23-11-21-16)22-9-12(2)20-10-22/h5-11H,4H2,1-3H3,(H,18,19)/b8-6+. The van der Waals surface area contributed by atoms with Crippen LogP contribution in [0.25, 0.3) is 22.9 Å².